The van der Waals surface area contributed by atoms with E-state index in [0.29, 0.717) is 6.54 Å². The molecule has 2 N–H and O–H groups in total. The van der Waals surface area contributed by atoms with E-state index in [1.54, 1.807) is 0 Å². The van der Waals surface area contributed by atoms with Crippen LogP contribution in [0.2, 0.25) is 0 Å². The Labute approximate surface area is 202 Å². The minimum Gasteiger partial charge on any atom is -0.379 e. The lowest BCUT2D eigenvalue weighted by atomic mass is 10.0. The summed E-state index contributed by atoms with van der Waals surface area (Å²) in [5, 5.41) is 15.4. The number of aryl methyl sites for hydroxylation is 2. The third kappa shape index (κ3) is 7.73. The van der Waals surface area contributed by atoms with Gasteiger partial charge in [-0.3, -0.25) is 4.90 Å². The van der Waals surface area contributed by atoms with Crippen LogP contribution in [-0.2, 0) is 18.3 Å². The molecule has 0 amide bonds. The van der Waals surface area contributed by atoms with Gasteiger partial charge in [-0.25, -0.2) is 4.99 Å². The number of nitrogens with one attached hydrogen (secondary N) is 2. The quantitative estimate of drug-likeness (QED) is 0.232. The van der Waals surface area contributed by atoms with Crippen molar-refractivity contribution in [1.29, 1.82) is 0 Å². The number of aromatic nitrogens is 3. The highest BCUT2D eigenvalue weighted by Gasteiger charge is 2.12. The van der Waals surface area contributed by atoms with Gasteiger partial charge >= 0.3 is 0 Å². The van der Waals surface area contributed by atoms with Crippen LogP contribution in [0.1, 0.15) is 42.2 Å². The fourth-order valence-electron chi connectivity index (χ4n) is 3.58. The van der Waals surface area contributed by atoms with Crippen molar-refractivity contribution < 1.29 is 4.74 Å². The molecule has 1 saturated heterocycles. The van der Waals surface area contributed by atoms with Crippen LogP contribution in [0.3, 0.4) is 0 Å². The fourth-order valence-corrected chi connectivity index (χ4v) is 3.58. The number of aliphatic imine (C=N–C) groups is 1. The first-order valence-corrected chi connectivity index (χ1v) is 10.8. The lowest BCUT2D eigenvalue weighted by molar-refractivity contribution is 0.0376. The lowest BCUT2D eigenvalue weighted by Gasteiger charge is -2.26. The first-order chi connectivity index (χ1) is 14.5. The van der Waals surface area contributed by atoms with Crippen LogP contribution in [0.5, 0.6) is 0 Å². The summed E-state index contributed by atoms with van der Waals surface area (Å²) in [5.41, 5.74) is 2.54. The van der Waals surface area contributed by atoms with E-state index in [2.05, 4.69) is 63.8 Å². The van der Waals surface area contributed by atoms with Gasteiger partial charge in [0.1, 0.15) is 12.4 Å². The molecule has 1 unspecified atom stereocenters. The molecule has 1 fully saturated rings. The Morgan fingerprint density at radius 3 is 2.61 bits per heavy atom. The molecule has 1 aliphatic rings. The second kappa shape index (κ2) is 13.0. The second-order valence-corrected chi connectivity index (χ2v) is 7.84. The zero-order chi connectivity index (χ0) is 21.3. The van der Waals surface area contributed by atoms with E-state index in [1.165, 1.54) is 11.1 Å². The molecular formula is C22H36IN7O. The van der Waals surface area contributed by atoms with Gasteiger partial charge in [0, 0.05) is 26.7 Å². The highest BCUT2D eigenvalue weighted by molar-refractivity contribution is 14.0. The Morgan fingerprint density at radius 1 is 1.19 bits per heavy atom. The van der Waals surface area contributed by atoms with Gasteiger partial charge in [0.25, 0.3) is 0 Å². The molecule has 0 radical (unpaired) electrons. The van der Waals surface area contributed by atoms with Crippen LogP contribution < -0.4 is 10.6 Å². The number of benzene rings is 1. The van der Waals surface area contributed by atoms with Crippen molar-refractivity contribution in [2.75, 3.05) is 39.4 Å². The second-order valence-electron chi connectivity index (χ2n) is 7.84. The Balaban J connectivity index is 0.00000341. The van der Waals surface area contributed by atoms with E-state index in [4.69, 9.17) is 9.73 Å². The molecule has 31 heavy (non-hydrogen) atoms. The largest absolute Gasteiger partial charge is 0.379 e. The van der Waals surface area contributed by atoms with Gasteiger partial charge in [-0.2, -0.15) is 0 Å². The third-order valence-electron chi connectivity index (χ3n) is 5.62. The van der Waals surface area contributed by atoms with E-state index in [9.17, 15) is 0 Å². The molecule has 1 aromatic heterocycles. The summed E-state index contributed by atoms with van der Waals surface area (Å²) >= 11 is 0. The monoisotopic (exact) mass is 541 g/mol. The maximum absolute atomic E-state index is 5.43. The Hall–Kier alpha value is -1.72. The van der Waals surface area contributed by atoms with Gasteiger partial charge < -0.3 is 19.9 Å². The summed E-state index contributed by atoms with van der Waals surface area (Å²) in [7, 11) is 1.97. The van der Waals surface area contributed by atoms with Crippen molar-refractivity contribution in [3.05, 3.63) is 47.0 Å². The summed E-state index contributed by atoms with van der Waals surface area (Å²) in [6.45, 7) is 12.4. The lowest BCUT2D eigenvalue weighted by Crippen LogP contribution is -2.41. The molecule has 8 nitrogen and oxygen atoms in total. The molecule has 0 spiro atoms. The topological polar surface area (TPSA) is 79.6 Å². The molecule has 2 aromatic rings. The summed E-state index contributed by atoms with van der Waals surface area (Å²) in [6, 6.07) is 8.60. The zero-order valence-electron chi connectivity index (χ0n) is 19.1. The van der Waals surface area contributed by atoms with Crippen molar-refractivity contribution in [3.8, 4) is 0 Å². The Bertz CT molecular complexity index is 833. The highest BCUT2D eigenvalue weighted by Crippen LogP contribution is 2.16. The summed E-state index contributed by atoms with van der Waals surface area (Å²) < 4.78 is 7.40. The van der Waals surface area contributed by atoms with Crippen molar-refractivity contribution in [2.24, 2.45) is 12.0 Å². The highest BCUT2D eigenvalue weighted by atomic mass is 127. The average molecular weight is 541 g/mol. The van der Waals surface area contributed by atoms with Crippen molar-refractivity contribution in [2.45, 2.75) is 39.8 Å². The number of ether oxygens (including phenoxy) is 1. The van der Waals surface area contributed by atoms with Gasteiger partial charge in [-0.15, -0.1) is 34.2 Å². The third-order valence-corrected chi connectivity index (χ3v) is 5.62. The average Bonchev–Trinajstić information content (AvgIpc) is 3.08. The molecule has 9 heteroatoms. The Kier molecular flexibility index (Phi) is 10.7. The minimum absolute atomic E-state index is 0. The number of morpholine rings is 1. The van der Waals surface area contributed by atoms with Gasteiger partial charge in [0.2, 0.25) is 0 Å². The van der Waals surface area contributed by atoms with Crippen LogP contribution in [-0.4, -0.2) is 65.0 Å². The molecule has 3 rings (SSSR count). The number of hydrogen-bond donors (Lipinski definition) is 2. The van der Waals surface area contributed by atoms with Gasteiger partial charge in [-0.1, -0.05) is 24.3 Å². The molecule has 0 saturated carbocycles. The summed E-state index contributed by atoms with van der Waals surface area (Å²) in [6.07, 6.45) is 1.06. The molecule has 1 aromatic carbocycles. The number of nitrogens with zero attached hydrogens (tertiary/aromatic N) is 5. The maximum Gasteiger partial charge on any atom is 0.192 e. The van der Waals surface area contributed by atoms with Crippen LogP contribution in [0.4, 0.5) is 0 Å². The standard InChI is InChI=1S/C22H35N7O.HI/c1-17-8-5-6-9-20(17)18(2)25-22(24-16-21-27-26-19(3)28(21)4)23-10-7-11-29-12-14-30-15-13-29;/h5-6,8-9,18H,7,10-16H2,1-4H3,(H2,23,24,25);1H. The predicted octanol–water partition coefficient (Wildman–Crippen LogP) is 2.57. The molecule has 1 atom stereocenters. The number of hydrogen-bond acceptors (Lipinski definition) is 5. The Morgan fingerprint density at radius 2 is 1.94 bits per heavy atom. The van der Waals surface area contributed by atoms with Crippen LogP contribution in [0.15, 0.2) is 29.3 Å². The van der Waals surface area contributed by atoms with Gasteiger partial charge in [0.05, 0.1) is 19.3 Å². The van der Waals surface area contributed by atoms with Gasteiger partial charge in [0.15, 0.2) is 11.8 Å². The van der Waals surface area contributed by atoms with Crippen LogP contribution >= 0.6 is 24.0 Å². The number of rotatable bonds is 8. The van der Waals surface area contributed by atoms with E-state index in [1.807, 2.05) is 18.5 Å². The minimum atomic E-state index is 0. The molecule has 0 bridgehead atoms. The number of guanidine groups is 1. The summed E-state index contributed by atoms with van der Waals surface area (Å²) in [5.74, 6) is 2.54. The molecular weight excluding hydrogens is 505 g/mol. The van der Waals surface area contributed by atoms with Crippen LogP contribution in [0, 0.1) is 13.8 Å². The normalized spacial score (nSPS) is 15.9. The smallest absolute Gasteiger partial charge is 0.192 e. The first kappa shape index (κ1) is 25.5. The van der Waals surface area contributed by atoms with E-state index >= 15 is 0 Å². The van der Waals surface area contributed by atoms with Crippen LogP contribution in [0.25, 0.3) is 0 Å². The SMILES string of the molecule is Cc1ccccc1C(C)NC(=NCc1nnc(C)n1C)NCCCN1CCOCC1.I. The molecule has 172 valence electrons. The first-order valence-electron chi connectivity index (χ1n) is 10.8. The van der Waals surface area contributed by atoms with E-state index in [-0.39, 0.29) is 30.0 Å². The van der Waals surface area contributed by atoms with Crippen molar-refractivity contribution in [1.82, 2.24) is 30.3 Å². The van der Waals surface area contributed by atoms with E-state index < -0.39 is 0 Å². The number of halogens is 1. The van der Waals surface area contributed by atoms with Gasteiger partial charge in [-0.05, 0) is 44.9 Å². The fraction of sp³-hybridized carbons (Fsp3) is 0.591. The molecule has 0 aliphatic carbocycles. The molecule has 2 heterocycles. The molecule has 1 aliphatic heterocycles. The van der Waals surface area contributed by atoms with Crippen molar-refractivity contribution >= 4 is 29.9 Å². The van der Waals surface area contributed by atoms with E-state index in [0.717, 1.165) is 63.4 Å². The zero-order valence-corrected chi connectivity index (χ0v) is 21.4. The predicted molar refractivity (Wildman–Crippen MR) is 135 cm³/mol. The van der Waals surface area contributed by atoms with Crippen molar-refractivity contribution in [3.63, 3.8) is 0 Å². The maximum atomic E-state index is 5.43. The summed E-state index contributed by atoms with van der Waals surface area (Å²) in [4.78, 5) is 7.24.